The van der Waals surface area contributed by atoms with Crippen LogP contribution in [0.1, 0.15) is 6.92 Å². The Kier molecular flexibility index (Phi) is 6.28. The number of esters is 1. The Morgan fingerprint density at radius 2 is 1.90 bits per heavy atom. The van der Waals surface area contributed by atoms with Crippen molar-refractivity contribution in [3.63, 3.8) is 0 Å². The minimum absolute atomic E-state index is 0.0285. The second-order valence-electron chi connectivity index (χ2n) is 4.23. The number of nitro groups is 1. The molecule has 8 heteroatoms. The zero-order chi connectivity index (χ0) is 15.8. The van der Waals surface area contributed by atoms with Gasteiger partial charge in [-0.3, -0.25) is 24.6 Å². The molecule has 0 radical (unpaired) electrons. The Labute approximate surface area is 121 Å². The molecular formula is C13H17N3O5. The van der Waals surface area contributed by atoms with Crippen LogP contribution in [0.3, 0.4) is 0 Å². The molecule has 1 amide bonds. The third kappa shape index (κ3) is 5.57. The van der Waals surface area contributed by atoms with Crippen molar-refractivity contribution in [2.45, 2.75) is 6.92 Å². The van der Waals surface area contributed by atoms with Crippen LogP contribution < -0.4 is 5.32 Å². The number of carbonyl (C=O) groups excluding carboxylic acids is 2. The van der Waals surface area contributed by atoms with Gasteiger partial charge in [-0.1, -0.05) is 6.92 Å². The molecule has 8 nitrogen and oxygen atoms in total. The first kappa shape index (κ1) is 16.6. The summed E-state index contributed by atoms with van der Waals surface area (Å²) >= 11 is 0. The van der Waals surface area contributed by atoms with E-state index in [4.69, 9.17) is 0 Å². The van der Waals surface area contributed by atoms with Crippen molar-refractivity contribution in [3.05, 3.63) is 34.4 Å². The first-order chi connectivity index (χ1) is 9.96. The van der Waals surface area contributed by atoms with Crippen molar-refractivity contribution in [1.82, 2.24) is 4.90 Å². The number of carbonyl (C=O) groups is 2. The molecule has 0 unspecified atom stereocenters. The number of hydrogen-bond acceptors (Lipinski definition) is 6. The van der Waals surface area contributed by atoms with Crippen LogP contribution >= 0.6 is 0 Å². The van der Waals surface area contributed by atoms with Crippen LogP contribution in [0.25, 0.3) is 0 Å². The number of rotatable bonds is 7. The molecule has 0 atom stereocenters. The van der Waals surface area contributed by atoms with Gasteiger partial charge in [0.2, 0.25) is 5.91 Å². The fourth-order valence-electron chi connectivity index (χ4n) is 1.60. The lowest BCUT2D eigenvalue weighted by molar-refractivity contribution is -0.384. The predicted molar refractivity (Wildman–Crippen MR) is 75.9 cm³/mol. The highest BCUT2D eigenvalue weighted by Crippen LogP contribution is 2.15. The summed E-state index contributed by atoms with van der Waals surface area (Å²) in [5, 5.41) is 13.1. The second-order valence-corrected chi connectivity index (χ2v) is 4.23. The average Bonchev–Trinajstić information content (AvgIpc) is 2.46. The van der Waals surface area contributed by atoms with Crippen molar-refractivity contribution < 1.29 is 19.2 Å². The number of nitrogens with zero attached hydrogens (tertiary/aromatic N) is 2. The number of methoxy groups -OCH3 is 1. The van der Waals surface area contributed by atoms with Crippen LogP contribution in [0, 0.1) is 10.1 Å². The fraction of sp³-hybridized carbons (Fsp3) is 0.385. The van der Waals surface area contributed by atoms with Gasteiger partial charge in [0.05, 0.1) is 25.1 Å². The Morgan fingerprint density at radius 3 is 2.38 bits per heavy atom. The molecule has 1 rings (SSSR count). The average molecular weight is 295 g/mol. The van der Waals surface area contributed by atoms with Gasteiger partial charge < -0.3 is 10.1 Å². The maximum absolute atomic E-state index is 11.8. The van der Waals surface area contributed by atoms with Crippen molar-refractivity contribution >= 4 is 23.3 Å². The number of benzene rings is 1. The van der Waals surface area contributed by atoms with Gasteiger partial charge in [0.1, 0.15) is 0 Å². The molecule has 0 aliphatic carbocycles. The molecule has 0 aliphatic heterocycles. The number of ether oxygens (including phenoxy) is 1. The lowest BCUT2D eigenvalue weighted by Gasteiger charge is -2.18. The molecule has 0 heterocycles. The first-order valence-electron chi connectivity index (χ1n) is 6.29. The van der Waals surface area contributed by atoms with E-state index in [9.17, 15) is 19.7 Å². The number of likely N-dealkylation sites (N-methyl/N-ethyl adjacent to an activating group) is 1. The third-order valence-electron chi connectivity index (χ3n) is 2.76. The lowest BCUT2D eigenvalue weighted by Crippen LogP contribution is -2.37. The number of hydrogen-bond donors (Lipinski definition) is 1. The summed E-state index contributed by atoms with van der Waals surface area (Å²) in [6, 6.07) is 5.52. The zero-order valence-corrected chi connectivity index (χ0v) is 11.9. The normalized spacial score (nSPS) is 10.2. The number of anilines is 1. The van der Waals surface area contributed by atoms with E-state index >= 15 is 0 Å². The highest BCUT2D eigenvalue weighted by Gasteiger charge is 2.13. The summed E-state index contributed by atoms with van der Waals surface area (Å²) in [5.74, 6) is -0.727. The summed E-state index contributed by atoms with van der Waals surface area (Å²) in [6.07, 6.45) is 0. The molecule has 1 aromatic rings. The van der Waals surface area contributed by atoms with E-state index in [-0.39, 0.29) is 24.7 Å². The Hall–Kier alpha value is -2.48. The van der Waals surface area contributed by atoms with Gasteiger partial charge in [-0.25, -0.2) is 0 Å². The Bertz CT molecular complexity index is 515. The van der Waals surface area contributed by atoms with Gasteiger partial charge in [0.25, 0.3) is 5.69 Å². The van der Waals surface area contributed by atoms with Crippen LogP contribution in [0.4, 0.5) is 11.4 Å². The van der Waals surface area contributed by atoms with E-state index in [0.717, 1.165) is 0 Å². The van der Waals surface area contributed by atoms with E-state index in [1.807, 2.05) is 6.92 Å². The Morgan fingerprint density at radius 1 is 1.29 bits per heavy atom. The molecule has 0 saturated heterocycles. The van der Waals surface area contributed by atoms with E-state index < -0.39 is 10.9 Å². The molecule has 114 valence electrons. The maximum Gasteiger partial charge on any atom is 0.319 e. The Balaban J connectivity index is 2.55. The molecule has 1 aromatic carbocycles. The second kappa shape index (κ2) is 7.95. The summed E-state index contributed by atoms with van der Waals surface area (Å²) in [7, 11) is 1.28. The maximum atomic E-state index is 11.8. The molecule has 0 fully saturated rings. The monoisotopic (exact) mass is 295 g/mol. The predicted octanol–water partition coefficient (Wildman–Crippen LogP) is 1.03. The van der Waals surface area contributed by atoms with Gasteiger partial charge >= 0.3 is 5.97 Å². The van der Waals surface area contributed by atoms with Crippen molar-refractivity contribution in [3.8, 4) is 0 Å². The van der Waals surface area contributed by atoms with Crippen LogP contribution in [-0.4, -0.2) is 48.4 Å². The highest BCUT2D eigenvalue weighted by atomic mass is 16.6. The fourth-order valence-corrected chi connectivity index (χ4v) is 1.60. The van der Waals surface area contributed by atoms with Gasteiger partial charge in [-0.2, -0.15) is 0 Å². The van der Waals surface area contributed by atoms with E-state index in [2.05, 4.69) is 10.1 Å². The van der Waals surface area contributed by atoms with E-state index in [0.29, 0.717) is 12.2 Å². The molecule has 0 aromatic heterocycles. The number of nitro benzene ring substituents is 1. The molecule has 0 spiro atoms. The first-order valence-corrected chi connectivity index (χ1v) is 6.29. The molecule has 21 heavy (non-hydrogen) atoms. The van der Waals surface area contributed by atoms with Gasteiger partial charge in [-0.15, -0.1) is 0 Å². The van der Waals surface area contributed by atoms with E-state index in [1.165, 1.54) is 31.4 Å². The summed E-state index contributed by atoms with van der Waals surface area (Å²) in [4.78, 5) is 34.6. The number of non-ortho nitro benzene ring substituents is 1. The van der Waals surface area contributed by atoms with E-state index in [1.54, 1.807) is 4.90 Å². The topological polar surface area (TPSA) is 102 Å². The van der Waals surface area contributed by atoms with Crippen molar-refractivity contribution in [2.24, 2.45) is 0 Å². The van der Waals surface area contributed by atoms with Crippen LogP contribution in [0.15, 0.2) is 24.3 Å². The number of amides is 1. The largest absolute Gasteiger partial charge is 0.468 e. The molecular weight excluding hydrogens is 278 g/mol. The summed E-state index contributed by atoms with van der Waals surface area (Å²) < 4.78 is 4.54. The summed E-state index contributed by atoms with van der Waals surface area (Å²) in [6.45, 7) is 2.40. The lowest BCUT2D eigenvalue weighted by atomic mass is 10.3. The minimum Gasteiger partial charge on any atom is -0.468 e. The van der Waals surface area contributed by atoms with Gasteiger partial charge in [-0.05, 0) is 18.7 Å². The smallest absolute Gasteiger partial charge is 0.319 e. The van der Waals surface area contributed by atoms with Gasteiger partial charge in [0.15, 0.2) is 0 Å². The van der Waals surface area contributed by atoms with Gasteiger partial charge in [0, 0.05) is 17.8 Å². The molecule has 1 N–H and O–H groups in total. The van der Waals surface area contributed by atoms with Crippen LogP contribution in [-0.2, 0) is 14.3 Å². The molecule has 0 aliphatic rings. The summed E-state index contributed by atoms with van der Waals surface area (Å²) in [5.41, 5.74) is 0.411. The van der Waals surface area contributed by atoms with Crippen molar-refractivity contribution in [1.29, 1.82) is 0 Å². The SMILES string of the molecule is CCN(CC(=O)Nc1ccc([N+](=O)[O-])cc1)CC(=O)OC. The quantitative estimate of drug-likeness (QED) is 0.458. The van der Waals surface area contributed by atoms with Crippen LogP contribution in [0.5, 0.6) is 0 Å². The third-order valence-corrected chi connectivity index (χ3v) is 2.76. The number of nitrogens with one attached hydrogen (secondary N) is 1. The molecule has 0 bridgehead atoms. The van der Waals surface area contributed by atoms with Crippen molar-refractivity contribution in [2.75, 3.05) is 32.1 Å². The molecule has 0 saturated carbocycles. The van der Waals surface area contributed by atoms with Crippen LogP contribution in [0.2, 0.25) is 0 Å². The highest BCUT2D eigenvalue weighted by molar-refractivity contribution is 5.92. The minimum atomic E-state index is -0.513. The zero-order valence-electron chi connectivity index (χ0n) is 11.9. The standard InChI is InChI=1S/C13H17N3O5/c1-3-15(9-13(18)21-2)8-12(17)14-10-4-6-11(7-5-10)16(19)20/h4-7H,3,8-9H2,1-2H3,(H,14,17).